The molecule has 3 atom stereocenters. The molecule has 0 radical (unpaired) electrons. The van der Waals surface area contributed by atoms with Crippen LogP contribution in [0.25, 0.3) is 0 Å². The van der Waals surface area contributed by atoms with Crippen LogP contribution in [0.15, 0.2) is 83.7 Å². The Balaban J connectivity index is 0.00000229. The van der Waals surface area contributed by atoms with E-state index in [1.54, 1.807) is 18.0 Å². The minimum atomic E-state index is 0.0597. The molecule has 0 bridgehead atoms. The Labute approximate surface area is 241 Å². The number of aliphatic imine (C=N–C) groups is 1. The molecule has 0 aromatic heterocycles. The van der Waals surface area contributed by atoms with Crippen molar-refractivity contribution in [2.45, 2.75) is 76.5 Å². The average molecular weight is 556 g/mol. The summed E-state index contributed by atoms with van der Waals surface area (Å²) in [5.74, 6) is 0. The Kier molecular flexibility index (Phi) is 14.8. The predicted octanol–water partition coefficient (Wildman–Crippen LogP) is 7.39. The molecule has 0 aliphatic carbocycles. The molecule has 5 nitrogen and oxygen atoms in total. The van der Waals surface area contributed by atoms with Gasteiger partial charge in [-0.25, -0.2) is 4.99 Å². The van der Waals surface area contributed by atoms with Gasteiger partial charge in [-0.1, -0.05) is 93.2 Å². The van der Waals surface area contributed by atoms with Crippen LogP contribution in [0.1, 0.15) is 58.6 Å². The molecule has 2 N–H and O–H groups in total. The molecule has 7 heteroatoms. The van der Waals surface area contributed by atoms with Gasteiger partial charge < -0.3 is 5.32 Å². The first-order chi connectivity index (χ1) is 17.9. The number of rotatable bonds is 13. The molecular formula is C31H49N5S2. The molecule has 1 aromatic rings. The Hall–Kier alpha value is -2.22. The van der Waals surface area contributed by atoms with Crippen molar-refractivity contribution >= 4 is 34.9 Å². The number of nitrogens with zero attached hydrogens (tertiary/aromatic N) is 3. The van der Waals surface area contributed by atoms with Crippen molar-refractivity contribution in [2.24, 2.45) is 10.1 Å². The molecule has 0 amide bonds. The number of likely N-dealkylation sites (N-methyl/N-ethyl adjacent to an activating group) is 1. The smallest absolute Gasteiger partial charge is 0.182 e. The first-order valence-electron chi connectivity index (χ1n) is 13.2. The second-order valence-electron chi connectivity index (χ2n) is 10.3. The largest absolute Gasteiger partial charge is 0.381 e. The fourth-order valence-electron chi connectivity index (χ4n) is 4.21. The van der Waals surface area contributed by atoms with Gasteiger partial charge in [-0.15, -0.1) is 6.58 Å². The lowest BCUT2D eigenvalue weighted by atomic mass is 9.95. The van der Waals surface area contributed by atoms with Gasteiger partial charge in [0.1, 0.15) is 0 Å². The summed E-state index contributed by atoms with van der Waals surface area (Å²) < 4.78 is 0.0597. The summed E-state index contributed by atoms with van der Waals surface area (Å²) in [6.07, 6.45) is 7.87. The van der Waals surface area contributed by atoms with Crippen LogP contribution in [0.3, 0.4) is 0 Å². The first-order valence-corrected chi connectivity index (χ1v) is 15.3. The summed E-state index contributed by atoms with van der Waals surface area (Å²) >= 11 is 3.48. The van der Waals surface area contributed by atoms with Gasteiger partial charge >= 0.3 is 0 Å². The Morgan fingerprint density at radius 2 is 1.87 bits per heavy atom. The topological polar surface area (TPSA) is 52.0 Å². The molecule has 3 unspecified atom stereocenters. The van der Waals surface area contributed by atoms with Crippen LogP contribution in [-0.2, 0) is 0 Å². The SMILES string of the molecule is C=CC(CN(C)C(C(=C)C)C(C)(C)SC)NC(=C)CC1SC(N/N=C/c2ccc(C)cc2)=NC1=C.CCC. The van der Waals surface area contributed by atoms with Crippen LogP contribution in [0.2, 0.25) is 0 Å². The summed E-state index contributed by atoms with van der Waals surface area (Å²) in [7, 11) is 2.15. The minimum absolute atomic E-state index is 0.0597. The molecule has 38 heavy (non-hydrogen) atoms. The molecule has 2 rings (SSSR count). The van der Waals surface area contributed by atoms with Gasteiger partial charge in [0.2, 0.25) is 0 Å². The number of thioether (sulfide) groups is 2. The van der Waals surface area contributed by atoms with Gasteiger partial charge in [-0.3, -0.25) is 10.3 Å². The molecule has 0 saturated carbocycles. The first kappa shape index (κ1) is 33.8. The van der Waals surface area contributed by atoms with Crippen molar-refractivity contribution in [1.82, 2.24) is 15.6 Å². The maximum atomic E-state index is 4.55. The fourth-order valence-corrected chi connectivity index (χ4v) is 5.83. The van der Waals surface area contributed by atoms with E-state index in [0.717, 1.165) is 40.7 Å². The van der Waals surface area contributed by atoms with Crippen molar-refractivity contribution in [2.75, 3.05) is 19.8 Å². The van der Waals surface area contributed by atoms with Gasteiger partial charge in [0.05, 0.1) is 23.2 Å². The maximum absolute atomic E-state index is 4.55. The highest BCUT2D eigenvalue weighted by atomic mass is 32.2. The molecule has 1 aliphatic heterocycles. The van der Waals surface area contributed by atoms with Crippen LogP contribution in [-0.4, -0.2) is 58.2 Å². The van der Waals surface area contributed by atoms with Crippen LogP contribution < -0.4 is 10.7 Å². The molecule has 0 saturated heterocycles. The highest BCUT2D eigenvalue weighted by Gasteiger charge is 2.33. The van der Waals surface area contributed by atoms with Gasteiger partial charge in [-0.2, -0.15) is 16.9 Å². The van der Waals surface area contributed by atoms with Crippen LogP contribution in [0, 0.1) is 6.92 Å². The molecule has 0 spiro atoms. The lowest BCUT2D eigenvalue weighted by molar-refractivity contribution is 0.227. The summed E-state index contributed by atoms with van der Waals surface area (Å²) in [5.41, 5.74) is 8.23. The number of benzene rings is 1. The number of hydrogen-bond acceptors (Lipinski definition) is 7. The highest BCUT2D eigenvalue weighted by molar-refractivity contribution is 8.14. The van der Waals surface area contributed by atoms with E-state index >= 15 is 0 Å². The van der Waals surface area contributed by atoms with E-state index in [2.05, 4.69) is 119 Å². The number of aryl methyl sites for hydroxylation is 1. The number of allylic oxidation sites excluding steroid dienone is 1. The van der Waals surface area contributed by atoms with Gasteiger partial charge in [-0.05, 0) is 46.6 Å². The molecule has 1 aromatic carbocycles. The third-order valence-electron chi connectivity index (χ3n) is 6.00. The highest BCUT2D eigenvalue weighted by Crippen LogP contribution is 2.33. The zero-order valence-electron chi connectivity index (χ0n) is 24.8. The van der Waals surface area contributed by atoms with Gasteiger partial charge in [0, 0.05) is 29.5 Å². The van der Waals surface area contributed by atoms with E-state index in [0.29, 0.717) is 0 Å². The lowest BCUT2D eigenvalue weighted by Gasteiger charge is -2.41. The number of amidine groups is 1. The van der Waals surface area contributed by atoms with E-state index in [4.69, 9.17) is 0 Å². The van der Waals surface area contributed by atoms with Gasteiger partial charge in [0.25, 0.3) is 0 Å². The Bertz CT molecular complexity index is 994. The number of hydrazone groups is 1. The number of nitrogens with one attached hydrogen (secondary N) is 2. The van der Waals surface area contributed by atoms with E-state index in [9.17, 15) is 0 Å². The normalized spacial score (nSPS) is 16.9. The lowest BCUT2D eigenvalue weighted by Crippen LogP contribution is -2.50. The molecule has 1 heterocycles. The zero-order valence-corrected chi connectivity index (χ0v) is 26.4. The van der Waals surface area contributed by atoms with E-state index in [1.165, 1.54) is 12.0 Å². The summed E-state index contributed by atoms with van der Waals surface area (Å²) in [6.45, 7) is 30.5. The molecule has 1 aliphatic rings. The number of hydrogen-bond donors (Lipinski definition) is 2. The Morgan fingerprint density at radius 3 is 2.39 bits per heavy atom. The van der Waals surface area contributed by atoms with Crippen LogP contribution in [0.4, 0.5) is 0 Å². The fraction of sp³-hybridized carbons (Fsp3) is 0.484. The van der Waals surface area contributed by atoms with E-state index in [-0.39, 0.29) is 22.1 Å². The van der Waals surface area contributed by atoms with Crippen LogP contribution in [0.5, 0.6) is 0 Å². The van der Waals surface area contributed by atoms with Crippen molar-refractivity contribution in [3.05, 3.63) is 84.8 Å². The van der Waals surface area contributed by atoms with Crippen molar-refractivity contribution in [1.29, 1.82) is 0 Å². The second-order valence-corrected chi connectivity index (χ2v) is 12.9. The summed E-state index contributed by atoms with van der Waals surface area (Å²) in [5, 5.41) is 8.74. The quantitative estimate of drug-likeness (QED) is 0.151. The minimum Gasteiger partial charge on any atom is -0.381 e. The predicted molar refractivity (Wildman–Crippen MR) is 176 cm³/mol. The van der Waals surface area contributed by atoms with Crippen molar-refractivity contribution < 1.29 is 0 Å². The summed E-state index contributed by atoms with van der Waals surface area (Å²) in [6, 6.07) is 8.53. The summed E-state index contributed by atoms with van der Waals surface area (Å²) in [4.78, 5) is 6.90. The maximum Gasteiger partial charge on any atom is 0.182 e. The second kappa shape index (κ2) is 16.7. The standard InChI is InChI=1S/C28H41N5S2.C3H8/c1-11-24(18-33(9)26(19(2)3)28(7,8)34-10)30-21(5)16-25-22(6)31-27(35-25)32-29-17-23-14-12-20(4)13-15-23;1-3-2/h11-15,17,24-26,30H,1-2,5-6,16,18H2,3-4,7-10H3,(H,31,32);3H2,1-2H3/b29-17+;. The molecule has 0 fully saturated rings. The average Bonchev–Trinajstić information content (AvgIpc) is 3.18. The van der Waals surface area contributed by atoms with Crippen molar-refractivity contribution in [3.8, 4) is 0 Å². The third kappa shape index (κ3) is 11.3. The third-order valence-corrected chi connectivity index (χ3v) is 8.41. The zero-order chi connectivity index (χ0) is 28.9. The molecular weight excluding hydrogens is 507 g/mol. The van der Waals surface area contributed by atoms with Crippen LogP contribution >= 0.6 is 23.5 Å². The van der Waals surface area contributed by atoms with Crippen molar-refractivity contribution in [3.63, 3.8) is 0 Å². The van der Waals surface area contributed by atoms with Gasteiger partial charge in [0.15, 0.2) is 5.17 Å². The monoisotopic (exact) mass is 555 g/mol. The Morgan fingerprint density at radius 1 is 1.26 bits per heavy atom. The molecule has 210 valence electrons. The van der Waals surface area contributed by atoms with E-state index in [1.807, 2.05) is 30.0 Å². The van der Waals surface area contributed by atoms with E-state index < -0.39 is 0 Å².